The Kier molecular flexibility index (Phi) is 4.26. The van der Waals surface area contributed by atoms with Crippen molar-refractivity contribution in [1.82, 2.24) is 4.90 Å². The predicted molar refractivity (Wildman–Crippen MR) is 61.5 cm³/mol. The van der Waals surface area contributed by atoms with E-state index in [2.05, 4.69) is 0 Å². The second-order valence-corrected chi connectivity index (χ2v) is 4.14. The predicted octanol–water partition coefficient (Wildman–Crippen LogP) is 1.78. The minimum absolute atomic E-state index is 0.0740. The highest BCUT2D eigenvalue weighted by Crippen LogP contribution is 2.16. The van der Waals surface area contributed by atoms with Gasteiger partial charge in [-0.1, -0.05) is 17.7 Å². The van der Waals surface area contributed by atoms with E-state index in [4.69, 9.17) is 17.3 Å². The number of carbonyl (C=O) groups excluding carboxylic acids is 1. The number of hydrogen-bond acceptors (Lipinski definition) is 2. The Hall–Kier alpha value is -1.13. The van der Waals surface area contributed by atoms with E-state index >= 15 is 0 Å². The molecule has 1 amide bonds. The molecule has 0 saturated heterocycles. The Balaban J connectivity index is 2.73. The summed E-state index contributed by atoms with van der Waals surface area (Å²) in [5.41, 5.74) is 6.14. The highest BCUT2D eigenvalue weighted by molar-refractivity contribution is 6.30. The van der Waals surface area contributed by atoms with Gasteiger partial charge >= 0.3 is 0 Å². The molecular weight excluding hydrogens is 231 g/mol. The van der Waals surface area contributed by atoms with Gasteiger partial charge in [0.1, 0.15) is 5.82 Å². The van der Waals surface area contributed by atoms with Gasteiger partial charge in [0.25, 0.3) is 0 Å². The number of rotatable bonds is 3. The van der Waals surface area contributed by atoms with Gasteiger partial charge in [0.05, 0.1) is 11.1 Å². The zero-order chi connectivity index (χ0) is 12.3. The fourth-order valence-electron chi connectivity index (χ4n) is 1.34. The van der Waals surface area contributed by atoms with Crippen LogP contribution in [0.25, 0.3) is 0 Å². The van der Waals surface area contributed by atoms with Crippen LogP contribution in [0.1, 0.15) is 12.5 Å². The molecule has 1 rings (SSSR count). The minimum atomic E-state index is -0.554. The molecule has 0 heterocycles. The number of likely N-dealkylation sites (N-methyl/N-ethyl adjacent to an activating group) is 1. The molecule has 1 aromatic carbocycles. The standard InChI is InChI=1S/C11H14ClFN2O/c1-7(14)11(16)15(2)6-8-3-4-9(12)10(13)5-8/h3-5,7H,6,14H2,1-2H3/t7-/m1/s1. The quantitative estimate of drug-likeness (QED) is 0.881. The fraction of sp³-hybridized carbons (Fsp3) is 0.364. The van der Waals surface area contributed by atoms with E-state index in [0.29, 0.717) is 12.1 Å². The number of carbonyl (C=O) groups is 1. The van der Waals surface area contributed by atoms with Crippen LogP contribution in [0.5, 0.6) is 0 Å². The zero-order valence-corrected chi connectivity index (χ0v) is 9.96. The molecule has 0 radical (unpaired) electrons. The molecule has 0 aliphatic carbocycles. The lowest BCUT2D eigenvalue weighted by atomic mass is 10.2. The molecule has 0 aliphatic rings. The average Bonchev–Trinajstić information content (AvgIpc) is 2.22. The van der Waals surface area contributed by atoms with Crippen LogP contribution in [-0.2, 0) is 11.3 Å². The van der Waals surface area contributed by atoms with Gasteiger partial charge in [0.15, 0.2) is 0 Å². The lowest BCUT2D eigenvalue weighted by Gasteiger charge is -2.19. The maximum Gasteiger partial charge on any atom is 0.239 e. The monoisotopic (exact) mass is 244 g/mol. The van der Waals surface area contributed by atoms with Crippen molar-refractivity contribution in [2.45, 2.75) is 19.5 Å². The Morgan fingerprint density at radius 1 is 1.62 bits per heavy atom. The van der Waals surface area contributed by atoms with Crippen LogP contribution in [0, 0.1) is 5.82 Å². The van der Waals surface area contributed by atoms with Crippen molar-refractivity contribution in [3.63, 3.8) is 0 Å². The first-order valence-corrected chi connectivity index (χ1v) is 5.24. The summed E-state index contributed by atoms with van der Waals surface area (Å²) >= 11 is 5.55. The minimum Gasteiger partial charge on any atom is -0.340 e. The van der Waals surface area contributed by atoms with Crippen molar-refractivity contribution in [1.29, 1.82) is 0 Å². The van der Waals surface area contributed by atoms with E-state index in [1.165, 1.54) is 17.0 Å². The molecule has 1 atom stereocenters. The van der Waals surface area contributed by atoms with Crippen molar-refractivity contribution < 1.29 is 9.18 Å². The van der Waals surface area contributed by atoms with Gasteiger partial charge < -0.3 is 10.6 Å². The zero-order valence-electron chi connectivity index (χ0n) is 9.21. The van der Waals surface area contributed by atoms with Crippen LogP contribution in [0.2, 0.25) is 5.02 Å². The van der Waals surface area contributed by atoms with E-state index in [0.717, 1.165) is 0 Å². The maximum atomic E-state index is 13.1. The van der Waals surface area contributed by atoms with Gasteiger partial charge in [-0.2, -0.15) is 0 Å². The summed E-state index contributed by atoms with van der Waals surface area (Å²) in [6.07, 6.45) is 0. The molecule has 0 fully saturated rings. The molecule has 0 spiro atoms. The maximum absolute atomic E-state index is 13.1. The number of halogens is 2. The molecule has 16 heavy (non-hydrogen) atoms. The highest BCUT2D eigenvalue weighted by Gasteiger charge is 2.13. The first kappa shape index (κ1) is 12.9. The fourth-order valence-corrected chi connectivity index (χ4v) is 1.45. The summed E-state index contributed by atoms with van der Waals surface area (Å²) in [7, 11) is 1.62. The SMILES string of the molecule is C[C@@H](N)C(=O)N(C)Cc1ccc(Cl)c(F)c1. The van der Waals surface area contributed by atoms with Crippen LogP contribution in [0.4, 0.5) is 4.39 Å². The Labute approximate surface area is 99.0 Å². The van der Waals surface area contributed by atoms with Gasteiger partial charge in [-0.3, -0.25) is 4.79 Å². The molecule has 0 aliphatic heterocycles. The molecular formula is C11H14ClFN2O. The normalized spacial score (nSPS) is 12.3. The first-order chi connectivity index (χ1) is 7.41. The van der Waals surface area contributed by atoms with E-state index in [1.54, 1.807) is 20.0 Å². The largest absolute Gasteiger partial charge is 0.340 e. The van der Waals surface area contributed by atoms with Gasteiger partial charge in [-0.25, -0.2) is 4.39 Å². The van der Waals surface area contributed by atoms with Crippen LogP contribution >= 0.6 is 11.6 Å². The number of hydrogen-bond donors (Lipinski definition) is 1. The molecule has 0 saturated carbocycles. The number of benzene rings is 1. The molecule has 5 heteroatoms. The van der Waals surface area contributed by atoms with Crippen molar-refractivity contribution in [2.75, 3.05) is 7.05 Å². The summed E-state index contributed by atoms with van der Waals surface area (Å²) in [5, 5.41) is 0.0740. The third kappa shape index (κ3) is 3.18. The lowest BCUT2D eigenvalue weighted by Crippen LogP contribution is -2.39. The molecule has 1 aromatic rings. The first-order valence-electron chi connectivity index (χ1n) is 4.86. The van der Waals surface area contributed by atoms with Gasteiger partial charge in [0.2, 0.25) is 5.91 Å². The van der Waals surface area contributed by atoms with Crippen molar-refractivity contribution in [3.8, 4) is 0 Å². The van der Waals surface area contributed by atoms with Crippen molar-refractivity contribution in [2.24, 2.45) is 5.73 Å². The van der Waals surface area contributed by atoms with Crippen molar-refractivity contribution in [3.05, 3.63) is 34.6 Å². The molecule has 0 bridgehead atoms. The van der Waals surface area contributed by atoms with Gasteiger partial charge in [0, 0.05) is 13.6 Å². The van der Waals surface area contributed by atoms with E-state index in [1.807, 2.05) is 0 Å². The summed E-state index contributed by atoms with van der Waals surface area (Å²) < 4.78 is 13.1. The van der Waals surface area contributed by atoms with Crippen LogP contribution < -0.4 is 5.73 Å². The number of amides is 1. The molecule has 2 N–H and O–H groups in total. The Morgan fingerprint density at radius 3 is 2.75 bits per heavy atom. The Morgan fingerprint density at radius 2 is 2.25 bits per heavy atom. The van der Waals surface area contributed by atoms with Crippen LogP contribution in [0.15, 0.2) is 18.2 Å². The third-order valence-corrected chi connectivity index (χ3v) is 2.48. The second-order valence-electron chi connectivity index (χ2n) is 3.73. The van der Waals surface area contributed by atoms with Gasteiger partial charge in [-0.15, -0.1) is 0 Å². The molecule has 0 unspecified atom stereocenters. The van der Waals surface area contributed by atoms with Crippen LogP contribution in [0.3, 0.4) is 0 Å². The topological polar surface area (TPSA) is 46.3 Å². The lowest BCUT2D eigenvalue weighted by molar-refractivity contribution is -0.131. The summed E-state index contributed by atoms with van der Waals surface area (Å²) in [4.78, 5) is 12.9. The molecule has 3 nitrogen and oxygen atoms in total. The summed E-state index contributed by atoms with van der Waals surface area (Å²) in [6.45, 7) is 1.93. The van der Waals surface area contributed by atoms with Gasteiger partial charge in [-0.05, 0) is 24.6 Å². The van der Waals surface area contributed by atoms with Crippen molar-refractivity contribution >= 4 is 17.5 Å². The van der Waals surface area contributed by atoms with E-state index in [9.17, 15) is 9.18 Å². The smallest absolute Gasteiger partial charge is 0.239 e. The van der Waals surface area contributed by atoms with Crippen LogP contribution in [-0.4, -0.2) is 23.9 Å². The second kappa shape index (κ2) is 5.27. The molecule has 88 valence electrons. The van der Waals surface area contributed by atoms with E-state index in [-0.39, 0.29) is 10.9 Å². The average molecular weight is 245 g/mol. The summed E-state index contributed by atoms with van der Waals surface area (Å²) in [5.74, 6) is -0.670. The Bertz CT molecular complexity index is 396. The number of nitrogens with two attached hydrogens (primary N) is 1. The third-order valence-electron chi connectivity index (χ3n) is 2.17. The van der Waals surface area contributed by atoms with E-state index < -0.39 is 11.9 Å². The highest BCUT2D eigenvalue weighted by atomic mass is 35.5. The molecule has 0 aromatic heterocycles. The number of nitrogens with zero attached hydrogens (tertiary/aromatic N) is 1. The summed E-state index contributed by atoms with van der Waals surface area (Å²) in [6, 6.07) is 3.90.